The summed E-state index contributed by atoms with van der Waals surface area (Å²) in [5, 5.41) is 0.543. The van der Waals surface area contributed by atoms with Gasteiger partial charge in [0.05, 0.1) is 6.61 Å². The molecule has 0 spiro atoms. The molecule has 0 bridgehead atoms. The highest BCUT2D eigenvalue weighted by Crippen LogP contribution is 2.13. The molecule has 1 aromatic rings. The van der Waals surface area contributed by atoms with Crippen molar-refractivity contribution >= 4 is 17.4 Å². The molecule has 0 heterocycles. The fourth-order valence-electron chi connectivity index (χ4n) is 1.07. The van der Waals surface area contributed by atoms with Gasteiger partial charge in [0.25, 0.3) is 0 Å². The highest BCUT2D eigenvalue weighted by atomic mass is 35.5. The van der Waals surface area contributed by atoms with Gasteiger partial charge in [-0.2, -0.15) is 0 Å². The quantitative estimate of drug-likeness (QED) is 0.564. The van der Waals surface area contributed by atoms with Crippen molar-refractivity contribution in [2.45, 2.75) is 0 Å². The van der Waals surface area contributed by atoms with Crippen molar-refractivity contribution in [1.82, 2.24) is 0 Å². The minimum Gasteiger partial charge on any atom is -0.380 e. The molecule has 3 heteroatoms. The lowest BCUT2D eigenvalue weighted by atomic mass is 10.1. The molecule has 74 valence electrons. The summed E-state index contributed by atoms with van der Waals surface area (Å²) in [4.78, 5) is 11.6. The van der Waals surface area contributed by atoms with Crippen molar-refractivity contribution in [2.24, 2.45) is 0 Å². The van der Waals surface area contributed by atoms with Gasteiger partial charge in [0, 0.05) is 23.3 Å². The number of benzene rings is 1. The number of ketones is 1. The summed E-state index contributed by atoms with van der Waals surface area (Å²) in [6, 6.07) is 6.77. The number of carbonyl (C=O) groups is 1. The lowest BCUT2D eigenvalue weighted by molar-refractivity contribution is 0.101. The van der Waals surface area contributed by atoms with Gasteiger partial charge in [-0.3, -0.25) is 4.79 Å². The zero-order chi connectivity index (χ0) is 10.6. The van der Waals surface area contributed by atoms with Crippen LogP contribution in [0.1, 0.15) is 10.4 Å². The monoisotopic (exact) mass is 210 g/mol. The number of methoxy groups -OCH3 is 1. The molecule has 0 aromatic heterocycles. The Balaban J connectivity index is 2.84. The van der Waals surface area contributed by atoms with Crippen LogP contribution in [0.15, 0.2) is 36.4 Å². The summed E-state index contributed by atoms with van der Waals surface area (Å²) in [7, 11) is 1.52. The van der Waals surface area contributed by atoms with E-state index in [-0.39, 0.29) is 12.4 Å². The van der Waals surface area contributed by atoms with Gasteiger partial charge >= 0.3 is 0 Å². The Kier molecular flexibility index (Phi) is 3.86. The third-order valence-corrected chi connectivity index (χ3v) is 1.96. The van der Waals surface area contributed by atoms with Gasteiger partial charge in [-0.25, -0.2) is 0 Å². The molecular weight excluding hydrogens is 200 g/mol. The van der Waals surface area contributed by atoms with Gasteiger partial charge in [0.15, 0.2) is 5.78 Å². The third-order valence-electron chi connectivity index (χ3n) is 1.73. The maximum atomic E-state index is 11.6. The minimum absolute atomic E-state index is 0.130. The van der Waals surface area contributed by atoms with Crippen LogP contribution in [0.3, 0.4) is 0 Å². The third kappa shape index (κ3) is 2.69. The summed E-state index contributed by atoms with van der Waals surface area (Å²) in [6.45, 7) is 3.87. The SMILES string of the molecule is C=C(COC)C(=O)c1cccc(Cl)c1. The summed E-state index contributed by atoms with van der Waals surface area (Å²) in [6.07, 6.45) is 0. The van der Waals surface area contributed by atoms with E-state index in [1.807, 2.05) is 0 Å². The first-order valence-electron chi connectivity index (χ1n) is 4.12. The van der Waals surface area contributed by atoms with Gasteiger partial charge in [0.2, 0.25) is 0 Å². The van der Waals surface area contributed by atoms with Crippen molar-refractivity contribution < 1.29 is 9.53 Å². The average Bonchev–Trinajstić information content (AvgIpc) is 2.17. The number of carbonyl (C=O) groups excluding carboxylic acids is 1. The van der Waals surface area contributed by atoms with Crippen LogP contribution in [0.4, 0.5) is 0 Å². The van der Waals surface area contributed by atoms with Crippen LogP contribution in [0, 0.1) is 0 Å². The van der Waals surface area contributed by atoms with E-state index in [1.165, 1.54) is 7.11 Å². The zero-order valence-corrected chi connectivity index (χ0v) is 8.67. The number of hydrogen-bond acceptors (Lipinski definition) is 2. The molecule has 1 rings (SSSR count). The van der Waals surface area contributed by atoms with Gasteiger partial charge in [0.1, 0.15) is 0 Å². The van der Waals surface area contributed by atoms with E-state index in [0.29, 0.717) is 16.2 Å². The number of ether oxygens (including phenoxy) is 1. The molecule has 0 radical (unpaired) electrons. The van der Waals surface area contributed by atoms with Gasteiger partial charge in [-0.15, -0.1) is 0 Å². The minimum atomic E-state index is -0.130. The second kappa shape index (κ2) is 4.94. The maximum Gasteiger partial charge on any atom is 0.190 e. The molecule has 0 saturated carbocycles. The van der Waals surface area contributed by atoms with Crippen LogP contribution in [-0.4, -0.2) is 19.5 Å². The molecule has 0 amide bonds. The van der Waals surface area contributed by atoms with Crippen LogP contribution in [0.25, 0.3) is 0 Å². The average molecular weight is 211 g/mol. The molecular formula is C11H11ClO2. The predicted molar refractivity (Wildman–Crippen MR) is 56.8 cm³/mol. The van der Waals surface area contributed by atoms with Crippen LogP contribution in [-0.2, 0) is 4.74 Å². The lowest BCUT2D eigenvalue weighted by Crippen LogP contribution is -2.07. The van der Waals surface area contributed by atoms with Crippen LogP contribution >= 0.6 is 11.6 Å². The molecule has 0 aliphatic carbocycles. The van der Waals surface area contributed by atoms with Crippen molar-refractivity contribution in [3.63, 3.8) is 0 Å². The van der Waals surface area contributed by atoms with E-state index >= 15 is 0 Å². The van der Waals surface area contributed by atoms with Gasteiger partial charge in [-0.05, 0) is 12.1 Å². The normalized spacial score (nSPS) is 9.86. The molecule has 1 aromatic carbocycles. The summed E-state index contributed by atoms with van der Waals surface area (Å²) in [5.74, 6) is -0.130. The highest BCUT2D eigenvalue weighted by Gasteiger charge is 2.09. The standard InChI is InChI=1S/C11H11ClO2/c1-8(7-14-2)11(13)9-4-3-5-10(12)6-9/h3-6H,1,7H2,2H3. The lowest BCUT2D eigenvalue weighted by Gasteiger charge is -2.03. The zero-order valence-electron chi connectivity index (χ0n) is 7.92. The molecule has 0 atom stereocenters. The summed E-state index contributed by atoms with van der Waals surface area (Å²) >= 11 is 5.76. The molecule has 0 aliphatic rings. The highest BCUT2D eigenvalue weighted by molar-refractivity contribution is 6.31. The first kappa shape index (κ1) is 11.0. The second-order valence-corrected chi connectivity index (χ2v) is 3.31. The van der Waals surface area contributed by atoms with E-state index in [0.717, 1.165) is 0 Å². The number of halogens is 1. The van der Waals surface area contributed by atoms with Gasteiger partial charge < -0.3 is 4.74 Å². The number of hydrogen-bond donors (Lipinski definition) is 0. The Morgan fingerprint density at radius 2 is 2.29 bits per heavy atom. The van der Waals surface area contributed by atoms with E-state index in [2.05, 4.69) is 6.58 Å². The van der Waals surface area contributed by atoms with Crippen LogP contribution < -0.4 is 0 Å². The molecule has 0 unspecified atom stereocenters. The molecule has 0 saturated heterocycles. The summed E-state index contributed by atoms with van der Waals surface area (Å²) in [5.41, 5.74) is 0.967. The molecule has 2 nitrogen and oxygen atoms in total. The first-order valence-corrected chi connectivity index (χ1v) is 4.50. The van der Waals surface area contributed by atoms with E-state index < -0.39 is 0 Å². The van der Waals surface area contributed by atoms with Crippen LogP contribution in [0.2, 0.25) is 5.02 Å². The Labute approximate surface area is 88.1 Å². The maximum absolute atomic E-state index is 11.6. The Bertz CT molecular complexity index is 358. The van der Waals surface area contributed by atoms with Gasteiger partial charge in [-0.1, -0.05) is 30.3 Å². The van der Waals surface area contributed by atoms with Crippen molar-refractivity contribution in [1.29, 1.82) is 0 Å². The summed E-state index contributed by atoms with van der Waals surface area (Å²) < 4.78 is 4.82. The van der Waals surface area contributed by atoms with Crippen molar-refractivity contribution in [3.05, 3.63) is 47.0 Å². The first-order chi connectivity index (χ1) is 6.65. The number of rotatable bonds is 4. The van der Waals surface area contributed by atoms with Crippen LogP contribution in [0.5, 0.6) is 0 Å². The molecule has 0 fully saturated rings. The van der Waals surface area contributed by atoms with E-state index in [1.54, 1.807) is 24.3 Å². The molecule has 0 aliphatic heterocycles. The molecule has 0 N–H and O–H groups in total. The van der Waals surface area contributed by atoms with Crippen molar-refractivity contribution in [3.8, 4) is 0 Å². The Hall–Kier alpha value is -1.12. The smallest absolute Gasteiger partial charge is 0.190 e. The number of Topliss-reactive ketones (excluding diaryl/α,β-unsaturated/α-hetero) is 1. The Morgan fingerprint density at radius 1 is 1.57 bits per heavy atom. The molecule has 14 heavy (non-hydrogen) atoms. The second-order valence-electron chi connectivity index (χ2n) is 2.88. The van der Waals surface area contributed by atoms with Crippen molar-refractivity contribution in [2.75, 3.05) is 13.7 Å². The van der Waals surface area contributed by atoms with E-state index in [4.69, 9.17) is 16.3 Å². The van der Waals surface area contributed by atoms with E-state index in [9.17, 15) is 4.79 Å². The topological polar surface area (TPSA) is 26.3 Å². The fraction of sp³-hybridized carbons (Fsp3) is 0.182. The largest absolute Gasteiger partial charge is 0.380 e. The Morgan fingerprint density at radius 3 is 2.86 bits per heavy atom. The predicted octanol–water partition coefficient (Wildman–Crippen LogP) is 2.73. The fourth-order valence-corrected chi connectivity index (χ4v) is 1.26.